The van der Waals surface area contributed by atoms with Gasteiger partial charge in [-0.15, -0.1) is 11.3 Å². The molecule has 0 bridgehead atoms. The number of aromatic nitrogens is 4. The molecular formula is C16H20N8S. The van der Waals surface area contributed by atoms with E-state index in [9.17, 15) is 0 Å². The predicted octanol–water partition coefficient (Wildman–Crippen LogP) is 1.08. The zero-order valence-electron chi connectivity index (χ0n) is 14.0. The van der Waals surface area contributed by atoms with Gasteiger partial charge in [0.2, 0.25) is 5.95 Å². The highest BCUT2D eigenvalue weighted by Gasteiger charge is 2.21. The fraction of sp³-hybridized carbons (Fsp3) is 0.375. The van der Waals surface area contributed by atoms with Gasteiger partial charge in [0.05, 0.1) is 12.2 Å². The van der Waals surface area contributed by atoms with Gasteiger partial charge in [-0.2, -0.15) is 0 Å². The molecule has 0 amide bonds. The van der Waals surface area contributed by atoms with Crippen molar-refractivity contribution in [3.8, 4) is 0 Å². The number of aliphatic imine (C=N–C) groups is 1. The summed E-state index contributed by atoms with van der Waals surface area (Å²) < 4.78 is 2.04. The second-order valence-corrected chi connectivity index (χ2v) is 6.62. The third-order valence-electron chi connectivity index (χ3n) is 4.20. The molecule has 25 heavy (non-hydrogen) atoms. The van der Waals surface area contributed by atoms with Crippen molar-refractivity contribution in [1.29, 1.82) is 0 Å². The molecule has 9 heteroatoms. The molecule has 0 unspecified atom stereocenters. The Kier molecular flexibility index (Phi) is 4.47. The Hall–Kier alpha value is -2.68. The zero-order valence-corrected chi connectivity index (χ0v) is 14.9. The monoisotopic (exact) mass is 356 g/mol. The summed E-state index contributed by atoms with van der Waals surface area (Å²) >= 11 is 1.64. The van der Waals surface area contributed by atoms with E-state index < -0.39 is 0 Å². The number of fused-ring (bicyclic) bond motifs is 1. The maximum Gasteiger partial charge on any atom is 0.225 e. The molecule has 1 fully saturated rings. The standard InChI is InChI=1S/C16H20N8S/c1-17-14(20-11-13-12-24-9-10-25-16(24)21-13)22-5-7-23(8-6-22)15-18-3-2-4-19-15/h2-4,9-10,12H,5-8,11H2,1H3,(H,17,20). The van der Waals surface area contributed by atoms with Crippen molar-refractivity contribution in [1.82, 2.24) is 29.6 Å². The molecule has 0 atom stereocenters. The maximum absolute atomic E-state index is 4.60. The van der Waals surface area contributed by atoms with Crippen molar-refractivity contribution < 1.29 is 0 Å². The third kappa shape index (κ3) is 3.41. The van der Waals surface area contributed by atoms with E-state index in [4.69, 9.17) is 0 Å². The first-order chi connectivity index (χ1) is 12.3. The van der Waals surface area contributed by atoms with E-state index in [0.29, 0.717) is 6.54 Å². The second kappa shape index (κ2) is 7.06. The van der Waals surface area contributed by atoms with E-state index in [-0.39, 0.29) is 0 Å². The number of rotatable bonds is 3. The maximum atomic E-state index is 4.60. The van der Waals surface area contributed by atoms with Gasteiger partial charge in [-0.1, -0.05) is 0 Å². The lowest BCUT2D eigenvalue weighted by Crippen LogP contribution is -2.52. The molecule has 0 aliphatic carbocycles. The highest BCUT2D eigenvalue weighted by atomic mass is 32.1. The summed E-state index contributed by atoms with van der Waals surface area (Å²) in [7, 11) is 1.82. The molecule has 3 aromatic heterocycles. The van der Waals surface area contributed by atoms with Gasteiger partial charge in [-0.05, 0) is 6.07 Å². The van der Waals surface area contributed by atoms with Crippen molar-refractivity contribution in [2.24, 2.45) is 4.99 Å². The topological polar surface area (TPSA) is 74.0 Å². The second-order valence-electron chi connectivity index (χ2n) is 5.75. The van der Waals surface area contributed by atoms with Crippen LogP contribution in [-0.2, 0) is 6.54 Å². The van der Waals surface area contributed by atoms with Crippen LogP contribution < -0.4 is 10.2 Å². The van der Waals surface area contributed by atoms with Crippen molar-refractivity contribution in [2.45, 2.75) is 6.54 Å². The van der Waals surface area contributed by atoms with Gasteiger partial charge >= 0.3 is 0 Å². The van der Waals surface area contributed by atoms with E-state index in [1.165, 1.54) is 0 Å². The number of guanidine groups is 1. The summed E-state index contributed by atoms with van der Waals surface area (Å²) in [5.41, 5.74) is 1.02. The lowest BCUT2D eigenvalue weighted by Gasteiger charge is -2.36. The molecule has 0 radical (unpaired) electrons. The number of imidazole rings is 1. The first kappa shape index (κ1) is 15.8. The number of thiazole rings is 1. The summed E-state index contributed by atoms with van der Waals surface area (Å²) in [6.45, 7) is 4.20. The van der Waals surface area contributed by atoms with Crippen LogP contribution in [0.3, 0.4) is 0 Å². The molecule has 130 valence electrons. The predicted molar refractivity (Wildman–Crippen MR) is 99.1 cm³/mol. The Labute approximate surface area is 149 Å². The first-order valence-corrected chi connectivity index (χ1v) is 9.10. The molecule has 0 saturated carbocycles. The van der Waals surface area contributed by atoms with E-state index >= 15 is 0 Å². The van der Waals surface area contributed by atoms with Crippen LogP contribution in [0.1, 0.15) is 5.69 Å². The lowest BCUT2D eigenvalue weighted by atomic mass is 10.3. The van der Waals surface area contributed by atoms with Gasteiger partial charge in [-0.25, -0.2) is 15.0 Å². The van der Waals surface area contributed by atoms with Crippen molar-refractivity contribution >= 4 is 28.2 Å². The number of hydrogen-bond donors (Lipinski definition) is 1. The summed E-state index contributed by atoms with van der Waals surface area (Å²) in [4.78, 5) is 23.1. The largest absolute Gasteiger partial charge is 0.351 e. The van der Waals surface area contributed by atoms with Crippen LogP contribution in [0.4, 0.5) is 5.95 Å². The molecule has 8 nitrogen and oxygen atoms in total. The van der Waals surface area contributed by atoms with E-state index in [0.717, 1.165) is 48.7 Å². The van der Waals surface area contributed by atoms with Crippen LogP contribution in [0.25, 0.3) is 4.96 Å². The Morgan fingerprint density at radius 3 is 2.76 bits per heavy atom. The highest BCUT2D eigenvalue weighted by Crippen LogP contribution is 2.12. The van der Waals surface area contributed by atoms with Crippen molar-refractivity contribution in [2.75, 3.05) is 38.1 Å². The molecule has 1 saturated heterocycles. The number of nitrogens with zero attached hydrogens (tertiary/aromatic N) is 7. The van der Waals surface area contributed by atoms with Gasteiger partial charge in [0, 0.05) is 63.4 Å². The molecule has 0 aromatic carbocycles. The number of anilines is 1. The molecule has 3 aromatic rings. The summed E-state index contributed by atoms with van der Waals surface area (Å²) in [6.07, 6.45) is 7.64. The highest BCUT2D eigenvalue weighted by molar-refractivity contribution is 7.15. The van der Waals surface area contributed by atoms with Crippen LogP contribution >= 0.6 is 11.3 Å². The molecule has 0 spiro atoms. The summed E-state index contributed by atoms with van der Waals surface area (Å²) in [6, 6.07) is 1.84. The van der Waals surface area contributed by atoms with Crippen LogP contribution in [0.2, 0.25) is 0 Å². The first-order valence-electron chi connectivity index (χ1n) is 8.22. The molecule has 1 aliphatic rings. The Morgan fingerprint density at radius 2 is 2.04 bits per heavy atom. The van der Waals surface area contributed by atoms with E-state index in [2.05, 4.69) is 41.3 Å². The number of nitrogens with one attached hydrogen (secondary N) is 1. The van der Waals surface area contributed by atoms with Crippen molar-refractivity contribution in [3.63, 3.8) is 0 Å². The normalized spacial score (nSPS) is 15.8. The summed E-state index contributed by atoms with van der Waals surface area (Å²) in [5, 5.41) is 5.45. The van der Waals surface area contributed by atoms with Crippen LogP contribution in [-0.4, -0.2) is 63.4 Å². The fourth-order valence-electron chi connectivity index (χ4n) is 2.94. The average Bonchev–Trinajstić information content (AvgIpc) is 3.25. The average molecular weight is 356 g/mol. The minimum absolute atomic E-state index is 0.670. The Balaban J connectivity index is 1.33. The van der Waals surface area contributed by atoms with Gasteiger partial charge in [-0.3, -0.25) is 9.39 Å². The van der Waals surface area contributed by atoms with Crippen LogP contribution in [0.15, 0.2) is 41.2 Å². The molecule has 1 aliphatic heterocycles. The quantitative estimate of drug-likeness (QED) is 0.559. The fourth-order valence-corrected chi connectivity index (χ4v) is 3.65. The van der Waals surface area contributed by atoms with E-state index in [1.54, 1.807) is 23.7 Å². The van der Waals surface area contributed by atoms with Crippen LogP contribution in [0, 0.1) is 0 Å². The molecule has 4 rings (SSSR count). The Morgan fingerprint density at radius 1 is 1.24 bits per heavy atom. The minimum Gasteiger partial charge on any atom is -0.351 e. The van der Waals surface area contributed by atoms with Gasteiger partial charge in [0.25, 0.3) is 0 Å². The van der Waals surface area contributed by atoms with Gasteiger partial charge in [0.15, 0.2) is 10.9 Å². The SMILES string of the molecule is CN=C(NCc1cn2ccsc2n1)N1CCN(c2ncccn2)CC1. The van der Waals surface area contributed by atoms with Gasteiger partial charge < -0.3 is 15.1 Å². The smallest absolute Gasteiger partial charge is 0.225 e. The minimum atomic E-state index is 0.670. The summed E-state index contributed by atoms with van der Waals surface area (Å²) in [5.74, 6) is 1.70. The van der Waals surface area contributed by atoms with Gasteiger partial charge in [0.1, 0.15) is 0 Å². The van der Waals surface area contributed by atoms with E-state index in [1.807, 2.05) is 29.1 Å². The number of piperazine rings is 1. The lowest BCUT2D eigenvalue weighted by molar-refractivity contribution is 0.370. The van der Waals surface area contributed by atoms with Crippen molar-refractivity contribution in [3.05, 3.63) is 41.9 Å². The molecule has 4 heterocycles. The van der Waals surface area contributed by atoms with Crippen LogP contribution in [0.5, 0.6) is 0 Å². The Bertz CT molecular complexity index is 819. The zero-order chi connectivity index (χ0) is 17.1. The molecular weight excluding hydrogens is 336 g/mol. The third-order valence-corrected chi connectivity index (χ3v) is 4.97. The number of hydrogen-bond acceptors (Lipinski definition) is 6. The molecule has 1 N–H and O–H groups in total.